The van der Waals surface area contributed by atoms with Crippen molar-refractivity contribution in [3.8, 4) is 11.3 Å². The van der Waals surface area contributed by atoms with Gasteiger partial charge in [0.1, 0.15) is 5.60 Å². The van der Waals surface area contributed by atoms with E-state index in [9.17, 15) is 19.5 Å². The first kappa shape index (κ1) is 29.2. The lowest BCUT2D eigenvalue weighted by atomic mass is 9.80. The molecule has 8 nitrogen and oxygen atoms in total. The van der Waals surface area contributed by atoms with Gasteiger partial charge in [0, 0.05) is 43.8 Å². The van der Waals surface area contributed by atoms with Gasteiger partial charge in [-0.25, -0.2) is 9.59 Å². The largest absolute Gasteiger partial charge is 0.478 e. The Balaban J connectivity index is 1.67. The molecule has 0 unspecified atom stereocenters. The first-order valence-electron chi connectivity index (χ1n) is 14.1. The van der Waals surface area contributed by atoms with Crippen molar-refractivity contribution in [3.05, 3.63) is 59.2 Å². The van der Waals surface area contributed by atoms with Crippen LogP contribution in [0.2, 0.25) is 0 Å². The second-order valence-electron chi connectivity index (χ2n) is 11.9. The van der Waals surface area contributed by atoms with Crippen LogP contribution in [0.4, 0.5) is 4.79 Å². The van der Waals surface area contributed by atoms with E-state index in [1.807, 2.05) is 39.0 Å². The molecule has 0 spiro atoms. The van der Waals surface area contributed by atoms with Crippen molar-refractivity contribution in [2.75, 3.05) is 27.2 Å². The first-order valence-corrected chi connectivity index (χ1v) is 14.1. The van der Waals surface area contributed by atoms with Crippen molar-refractivity contribution in [2.24, 2.45) is 0 Å². The summed E-state index contributed by atoms with van der Waals surface area (Å²) in [5.41, 5.74) is 4.26. The van der Waals surface area contributed by atoms with Gasteiger partial charge in [-0.1, -0.05) is 49.6 Å². The SMILES string of the molecule is CN(CCN(C)C(=O)OC(C)(C)C)C(=O)Cc1cc(C(=O)O)cc2[nH]c(-c3ccccc3)c(C3CCCCC3)c12. The predicted molar refractivity (Wildman–Crippen MR) is 157 cm³/mol. The fraction of sp³-hybridized carbons (Fsp3) is 0.469. The summed E-state index contributed by atoms with van der Waals surface area (Å²) in [6, 6.07) is 13.4. The molecule has 40 heavy (non-hydrogen) atoms. The van der Waals surface area contributed by atoms with Crippen molar-refractivity contribution in [1.29, 1.82) is 0 Å². The highest BCUT2D eigenvalue weighted by Gasteiger charge is 2.27. The number of nitrogens with zero attached hydrogens (tertiary/aromatic N) is 2. The van der Waals surface area contributed by atoms with Gasteiger partial charge in [0.15, 0.2) is 0 Å². The second-order valence-corrected chi connectivity index (χ2v) is 11.9. The Morgan fingerprint density at radius 3 is 2.25 bits per heavy atom. The van der Waals surface area contributed by atoms with E-state index in [-0.39, 0.29) is 17.9 Å². The van der Waals surface area contributed by atoms with E-state index < -0.39 is 17.7 Å². The van der Waals surface area contributed by atoms with Gasteiger partial charge in [0.05, 0.1) is 12.0 Å². The van der Waals surface area contributed by atoms with E-state index in [2.05, 4.69) is 17.1 Å². The molecule has 2 N–H and O–H groups in total. The van der Waals surface area contributed by atoms with E-state index in [0.717, 1.165) is 47.8 Å². The summed E-state index contributed by atoms with van der Waals surface area (Å²) >= 11 is 0. The Labute approximate surface area is 236 Å². The van der Waals surface area contributed by atoms with Gasteiger partial charge >= 0.3 is 12.1 Å². The van der Waals surface area contributed by atoms with Crippen molar-refractivity contribution in [2.45, 2.75) is 70.8 Å². The summed E-state index contributed by atoms with van der Waals surface area (Å²) in [5.74, 6) is -0.834. The Morgan fingerprint density at radius 1 is 0.975 bits per heavy atom. The maximum Gasteiger partial charge on any atom is 0.410 e. The minimum absolute atomic E-state index is 0.0656. The predicted octanol–water partition coefficient (Wildman–Crippen LogP) is 6.45. The highest BCUT2D eigenvalue weighted by atomic mass is 16.6. The molecule has 0 aliphatic heterocycles. The zero-order chi connectivity index (χ0) is 29.0. The van der Waals surface area contributed by atoms with Crippen molar-refractivity contribution in [1.82, 2.24) is 14.8 Å². The fourth-order valence-electron chi connectivity index (χ4n) is 5.49. The number of aromatic amines is 1. The van der Waals surface area contributed by atoms with Crippen LogP contribution in [0, 0.1) is 0 Å². The lowest BCUT2D eigenvalue weighted by molar-refractivity contribution is -0.129. The number of benzene rings is 2. The molecule has 0 atom stereocenters. The molecule has 4 rings (SSSR count). The van der Waals surface area contributed by atoms with Crippen molar-refractivity contribution >= 4 is 28.9 Å². The number of hydrogen-bond donors (Lipinski definition) is 2. The molecule has 1 aliphatic rings. The van der Waals surface area contributed by atoms with Crippen LogP contribution in [0.15, 0.2) is 42.5 Å². The molecule has 8 heteroatoms. The third-order valence-electron chi connectivity index (χ3n) is 7.58. The standard InChI is InChI=1S/C32H41N3O5/c1-32(2,3)40-31(39)35(5)17-16-34(4)26(36)20-23-18-24(30(37)38)19-25-27(23)28(21-12-8-6-9-13-21)29(33-25)22-14-10-7-11-15-22/h7,10-11,14-15,18-19,21,33H,6,8-9,12-13,16-17,20H2,1-5H3,(H,37,38). The lowest BCUT2D eigenvalue weighted by Crippen LogP contribution is -2.40. The zero-order valence-corrected chi connectivity index (χ0v) is 24.3. The highest BCUT2D eigenvalue weighted by molar-refractivity contribution is 6.01. The maximum absolute atomic E-state index is 13.4. The molecule has 1 heterocycles. The summed E-state index contributed by atoms with van der Waals surface area (Å²) < 4.78 is 5.41. The average molecular weight is 548 g/mol. The van der Waals surface area contributed by atoms with Gasteiger partial charge in [-0.3, -0.25) is 4.79 Å². The molecule has 3 aromatic rings. The minimum Gasteiger partial charge on any atom is -0.478 e. The molecule has 1 aliphatic carbocycles. The van der Waals surface area contributed by atoms with Gasteiger partial charge in [0.2, 0.25) is 5.91 Å². The van der Waals surface area contributed by atoms with E-state index in [1.165, 1.54) is 16.9 Å². The number of likely N-dealkylation sites (N-methyl/N-ethyl adjacent to an activating group) is 2. The monoisotopic (exact) mass is 547 g/mol. The number of nitrogens with one attached hydrogen (secondary N) is 1. The zero-order valence-electron chi connectivity index (χ0n) is 24.3. The molecular weight excluding hydrogens is 506 g/mol. The van der Waals surface area contributed by atoms with Crippen LogP contribution in [0.25, 0.3) is 22.2 Å². The highest BCUT2D eigenvalue weighted by Crippen LogP contribution is 2.43. The third kappa shape index (κ3) is 6.84. The van der Waals surface area contributed by atoms with Crippen LogP contribution in [0.1, 0.15) is 80.3 Å². The minimum atomic E-state index is -1.03. The van der Waals surface area contributed by atoms with Crippen molar-refractivity contribution < 1.29 is 24.2 Å². The average Bonchev–Trinajstić information content (AvgIpc) is 3.31. The topological polar surface area (TPSA) is 103 Å². The summed E-state index contributed by atoms with van der Waals surface area (Å²) in [6.45, 7) is 6.08. The molecule has 0 bridgehead atoms. The van der Waals surface area contributed by atoms with E-state index in [4.69, 9.17) is 4.74 Å². The Morgan fingerprint density at radius 2 is 1.62 bits per heavy atom. The number of aromatic carboxylic acids is 1. The number of carboxylic acid groups (broad SMARTS) is 1. The molecule has 0 radical (unpaired) electrons. The molecule has 2 aromatic carbocycles. The van der Waals surface area contributed by atoms with Crippen LogP contribution in [-0.4, -0.2) is 70.6 Å². The summed E-state index contributed by atoms with van der Waals surface area (Å²) in [6.07, 6.45) is 5.28. The number of H-pyrrole nitrogens is 1. The van der Waals surface area contributed by atoms with Crippen LogP contribution < -0.4 is 0 Å². The van der Waals surface area contributed by atoms with Crippen molar-refractivity contribution in [3.63, 3.8) is 0 Å². The number of amides is 2. The Kier molecular flexibility index (Phi) is 8.86. The lowest BCUT2D eigenvalue weighted by Gasteiger charge is -2.26. The third-order valence-corrected chi connectivity index (χ3v) is 7.58. The molecule has 214 valence electrons. The van der Waals surface area contributed by atoms with Gasteiger partial charge < -0.3 is 24.6 Å². The number of carboxylic acids is 1. The number of ether oxygens (including phenoxy) is 1. The Hall–Kier alpha value is -3.81. The molecular formula is C32H41N3O5. The van der Waals surface area contributed by atoms with E-state index >= 15 is 0 Å². The number of aromatic nitrogens is 1. The number of rotatable bonds is 8. The fourth-order valence-corrected chi connectivity index (χ4v) is 5.49. The maximum atomic E-state index is 13.4. The van der Waals surface area contributed by atoms with Crippen LogP contribution in [0.5, 0.6) is 0 Å². The van der Waals surface area contributed by atoms with Crippen LogP contribution in [-0.2, 0) is 16.0 Å². The van der Waals surface area contributed by atoms with Gasteiger partial charge in [0.25, 0.3) is 0 Å². The summed E-state index contributed by atoms with van der Waals surface area (Å²) in [4.78, 5) is 44.4. The molecule has 2 amide bonds. The van der Waals surface area contributed by atoms with Crippen LogP contribution in [0.3, 0.4) is 0 Å². The van der Waals surface area contributed by atoms with Gasteiger partial charge in [-0.15, -0.1) is 0 Å². The summed E-state index contributed by atoms with van der Waals surface area (Å²) in [7, 11) is 3.35. The summed E-state index contributed by atoms with van der Waals surface area (Å²) in [5, 5.41) is 10.8. The van der Waals surface area contributed by atoms with Gasteiger partial charge in [-0.2, -0.15) is 0 Å². The van der Waals surface area contributed by atoms with E-state index in [1.54, 1.807) is 31.1 Å². The Bertz CT molecular complexity index is 1370. The smallest absolute Gasteiger partial charge is 0.410 e. The van der Waals surface area contributed by atoms with Gasteiger partial charge in [-0.05, 0) is 68.4 Å². The van der Waals surface area contributed by atoms with E-state index in [0.29, 0.717) is 24.6 Å². The molecule has 1 saturated carbocycles. The molecule has 1 aromatic heterocycles. The number of fused-ring (bicyclic) bond motifs is 1. The van der Waals surface area contributed by atoms with Crippen LogP contribution >= 0.6 is 0 Å². The number of carbonyl (C=O) groups excluding carboxylic acids is 2. The first-order chi connectivity index (χ1) is 18.9. The number of carbonyl (C=O) groups is 3. The second kappa shape index (κ2) is 12.1. The number of hydrogen-bond acceptors (Lipinski definition) is 4. The molecule has 1 fully saturated rings. The molecule has 0 saturated heterocycles. The quantitative estimate of drug-likeness (QED) is 0.337. The normalized spacial score (nSPS) is 14.2.